The summed E-state index contributed by atoms with van der Waals surface area (Å²) in [5, 5.41) is 0. The average molecular weight is 401 g/mol. The molecule has 0 aromatic heterocycles. The number of fused-ring (bicyclic) bond motifs is 1. The lowest BCUT2D eigenvalue weighted by atomic mass is 9.65. The van der Waals surface area contributed by atoms with Crippen LogP contribution in [0.3, 0.4) is 0 Å². The highest BCUT2D eigenvalue weighted by Crippen LogP contribution is 2.45. The van der Waals surface area contributed by atoms with Gasteiger partial charge in [-0.2, -0.15) is 0 Å². The second kappa shape index (κ2) is 8.89. The number of carbonyl (C=O) groups is 2. The highest BCUT2D eigenvalue weighted by Gasteiger charge is 2.43. The molecule has 0 N–H and O–H groups in total. The van der Waals surface area contributed by atoms with Crippen LogP contribution in [0, 0.1) is 29.1 Å². The van der Waals surface area contributed by atoms with Gasteiger partial charge in [-0.05, 0) is 62.9 Å². The molecular weight excluding hydrogens is 364 g/mol. The molecule has 0 aromatic rings. The highest BCUT2D eigenvalue weighted by atomic mass is 16.5. The highest BCUT2D eigenvalue weighted by molar-refractivity contribution is 5.82. The summed E-state index contributed by atoms with van der Waals surface area (Å²) in [6, 6.07) is 0. The summed E-state index contributed by atoms with van der Waals surface area (Å²) in [5.41, 5.74) is 0.846. The van der Waals surface area contributed by atoms with Crippen LogP contribution in [-0.4, -0.2) is 24.1 Å². The van der Waals surface area contributed by atoms with Crippen molar-refractivity contribution >= 4 is 11.9 Å². The Morgan fingerprint density at radius 2 is 2.00 bits per heavy atom. The molecule has 4 heteroatoms. The monoisotopic (exact) mass is 400 g/mol. The lowest BCUT2D eigenvalue weighted by Crippen LogP contribution is -2.43. The Morgan fingerprint density at radius 1 is 1.24 bits per heavy atom. The molecule has 0 spiro atoms. The van der Waals surface area contributed by atoms with Crippen molar-refractivity contribution in [1.29, 1.82) is 0 Å². The summed E-state index contributed by atoms with van der Waals surface area (Å²) in [6.45, 7) is 10.4. The maximum absolute atomic E-state index is 12.8. The molecule has 3 aliphatic rings. The molecule has 4 nitrogen and oxygen atoms in total. The predicted molar refractivity (Wildman–Crippen MR) is 114 cm³/mol. The van der Waals surface area contributed by atoms with E-state index in [1.165, 1.54) is 11.6 Å². The van der Waals surface area contributed by atoms with Crippen LogP contribution in [-0.2, 0) is 19.1 Å². The normalized spacial score (nSPS) is 34.2. The third kappa shape index (κ3) is 5.02. The fraction of sp³-hybridized carbons (Fsp3) is 0.680. The molecule has 0 saturated heterocycles. The Balaban J connectivity index is 1.77. The van der Waals surface area contributed by atoms with Crippen LogP contribution in [0.2, 0.25) is 0 Å². The molecule has 0 fully saturated rings. The van der Waals surface area contributed by atoms with Gasteiger partial charge in [0, 0.05) is 18.4 Å². The molecule has 0 aromatic carbocycles. The van der Waals surface area contributed by atoms with E-state index in [9.17, 15) is 9.59 Å². The minimum absolute atomic E-state index is 0.0411. The molecular formula is C25H36O4. The van der Waals surface area contributed by atoms with Crippen LogP contribution < -0.4 is 0 Å². The van der Waals surface area contributed by atoms with E-state index < -0.39 is 5.41 Å². The Bertz CT molecular complexity index is 714. The van der Waals surface area contributed by atoms with Gasteiger partial charge in [0.1, 0.15) is 12.2 Å². The van der Waals surface area contributed by atoms with E-state index in [1.807, 2.05) is 26.8 Å². The number of ether oxygens (including phenoxy) is 2. The fourth-order valence-corrected chi connectivity index (χ4v) is 4.79. The van der Waals surface area contributed by atoms with Gasteiger partial charge in [-0.15, -0.1) is 0 Å². The molecule has 3 rings (SSSR count). The van der Waals surface area contributed by atoms with Crippen molar-refractivity contribution in [1.82, 2.24) is 0 Å². The zero-order chi connectivity index (χ0) is 21.2. The smallest absolute Gasteiger partial charge is 0.330 e. The van der Waals surface area contributed by atoms with Gasteiger partial charge in [0.2, 0.25) is 0 Å². The van der Waals surface area contributed by atoms with Crippen LogP contribution in [0.15, 0.2) is 36.0 Å². The van der Waals surface area contributed by atoms with Gasteiger partial charge >= 0.3 is 11.9 Å². The molecule has 6 unspecified atom stereocenters. The maximum atomic E-state index is 12.8. The third-order valence-corrected chi connectivity index (χ3v) is 7.05. The third-order valence-electron chi connectivity index (χ3n) is 7.05. The first-order valence-corrected chi connectivity index (χ1v) is 11.2. The molecule has 160 valence electrons. The topological polar surface area (TPSA) is 52.6 Å². The van der Waals surface area contributed by atoms with Crippen LogP contribution in [0.25, 0.3) is 0 Å². The van der Waals surface area contributed by atoms with Crippen LogP contribution in [0.5, 0.6) is 0 Å². The lowest BCUT2D eigenvalue weighted by Gasteiger charge is -2.44. The van der Waals surface area contributed by atoms with Gasteiger partial charge in [-0.25, -0.2) is 4.79 Å². The fourth-order valence-electron chi connectivity index (χ4n) is 4.79. The van der Waals surface area contributed by atoms with Crippen molar-refractivity contribution in [3.63, 3.8) is 0 Å². The van der Waals surface area contributed by atoms with Gasteiger partial charge < -0.3 is 9.47 Å². The van der Waals surface area contributed by atoms with E-state index in [1.54, 1.807) is 0 Å². The van der Waals surface area contributed by atoms with Gasteiger partial charge in [0.15, 0.2) is 0 Å². The molecule has 0 bridgehead atoms. The van der Waals surface area contributed by atoms with E-state index in [0.29, 0.717) is 17.8 Å². The Kier molecular flexibility index (Phi) is 6.70. The second-order valence-corrected chi connectivity index (χ2v) is 9.74. The first kappa shape index (κ1) is 21.9. The van der Waals surface area contributed by atoms with Crippen molar-refractivity contribution in [2.24, 2.45) is 29.1 Å². The number of esters is 2. The number of cyclic esters (lactones) is 1. The number of hydrogen-bond acceptors (Lipinski definition) is 4. The summed E-state index contributed by atoms with van der Waals surface area (Å²) in [5.74, 6) is 1.07. The molecule has 29 heavy (non-hydrogen) atoms. The summed E-state index contributed by atoms with van der Waals surface area (Å²) in [7, 11) is 0. The first-order valence-electron chi connectivity index (χ1n) is 11.2. The van der Waals surface area contributed by atoms with Crippen molar-refractivity contribution < 1.29 is 19.1 Å². The quantitative estimate of drug-likeness (QED) is 0.561. The standard InChI is InChI=1S/C25H36O4/c1-6-25(4,5)24(27)29-21-15-16(2)14-18-11-10-17(3)20(23(18)21)13-12-19-8-7-9-22(26)28-19/h7,9-11,14,16-17,19-21,23H,6,8,12-13,15H2,1-5H3. The zero-order valence-corrected chi connectivity index (χ0v) is 18.5. The van der Waals surface area contributed by atoms with E-state index in [-0.39, 0.29) is 30.1 Å². The lowest BCUT2D eigenvalue weighted by molar-refractivity contribution is -0.165. The average Bonchev–Trinajstić information content (AvgIpc) is 2.67. The predicted octanol–water partition coefficient (Wildman–Crippen LogP) is 5.39. The number of allylic oxidation sites excluding steroid dienone is 3. The molecule has 0 saturated carbocycles. The summed E-state index contributed by atoms with van der Waals surface area (Å²) in [6.07, 6.45) is 14.4. The summed E-state index contributed by atoms with van der Waals surface area (Å²) in [4.78, 5) is 24.4. The molecule has 0 amide bonds. The Labute approximate surface area is 175 Å². The number of hydrogen-bond donors (Lipinski definition) is 0. The van der Waals surface area contributed by atoms with Crippen LogP contribution in [0.1, 0.15) is 66.7 Å². The first-order chi connectivity index (χ1) is 13.7. The summed E-state index contributed by atoms with van der Waals surface area (Å²) < 4.78 is 11.6. The van der Waals surface area contributed by atoms with Gasteiger partial charge in [0.25, 0.3) is 0 Å². The molecule has 0 radical (unpaired) electrons. The van der Waals surface area contributed by atoms with Gasteiger partial charge in [-0.3, -0.25) is 4.79 Å². The van der Waals surface area contributed by atoms with Crippen molar-refractivity contribution in [3.05, 3.63) is 36.0 Å². The van der Waals surface area contributed by atoms with Crippen molar-refractivity contribution in [2.75, 3.05) is 0 Å². The van der Waals surface area contributed by atoms with Crippen LogP contribution in [0.4, 0.5) is 0 Å². The van der Waals surface area contributed by atoms with Crippen molar-refractivity contribution in [2.45, 2.75) is 78.9 Å². The van der Waals surface area contributed by atoms with Crippen molar-refractivity contribution in [3.8, 4) is 0 Å². The largest absolute Gasteiger partial charge is 0.461 e. The van der Waals surface area contributed by atoms with E-state index >= 15 is 0 Å². The maximum Gasteiger partial charge on any atom is 0.330 e. The molecule has 1 heterocycles. The van der Waals surface area contributed by atoms with E-state index in [2.05, 4.69) is 32.1 Å². The van der Waals surface area contributed by atoms with E-state index in [0.717, 1.165) is 32.1 Å². The van der Waals surface area contributed by atoms with Gasteiger partial charge in [0.05, 0.1) is 5.41 Å². The molecule has 1 aliphatic heterocycles. The minimum Gasteiger partial charge on any atom is -0.461 e. The second-order valence-electron chi connectivity index (χ2n) is 9.74. The van der Waals surface area contributed by atoms with E-state index in [4.69, 9.17) is 9.47 Å². The SMILES string of the molecule is CCC(C)(C)C(=O)OC1CC(C)C=C2C=CC(C)C(CCC3CC=CC(=O)O3)C21. The number of carbonyl (C=O) groups excluding carboxylic acids is 2. The molecule has 2 aliphatic carbocycles. The van der Waals surface area contributed by atoms with Crippen LogP contribution >= 0.6 is 0 Å². The van der Waals surface area contributed by atoms with Gasteiger partial charge in [-0.1, -0.05) is 45.1 Å². The number of rotatable bonds is 6. The molecule has 6 atom stereocenters. The zero-order valence-electron chi connectivity index (χ0n) is 18.5. The Morgan fingerprint density at radius 3 is 2.69 bits per heavy atom. The Hall–Kier alpha value is -1.84. The minimum atomic E-state index is -0.460. The summed E-state index contributed by atoms with van der Waals surface area (Å²) >= 11 is 0.